The van der Waals surface area contributed by atoms with Crippen LogP contribution in [-0.2, 0) is 19.1 Å². The van der Waals surface area contributed by atoms with Gasteiger partial charge in [-0.25, -0.2) is 0 Å². The predicted molar refractivity (Wildman–Crippen MR) is 154 cm³/mol. The summed E-state index contributed by atoms with van der Waals surface area (Å²) >= 11 is 0. The molecule has 0 aromatic carbocycles. The number of hydrogen-bond acceptors (Lipinski definition) is 6. The minimum Gasteiger partial charge on any atom is -0.464 e. The average Bonchev–Trinajstić information content (AvgIpc) is 2.89. The summed E-state index contributed by atoms with van der Waals surface area (Å²) in [5, 5.41) is 9.42. The van der Waals surface area contributed by atoms with E-state index in [0.29, 0.717) is 19.6 Å². The molecule has 0 fully saturated rings. The van der Waals surface area contributed by atoms with Gasteiger partial charge in [0, 0.05) is 19.6 Å². The summed E-state index contributed by atoms with van der Waals surface area (Å²) < 4.78 is 11.1. The van der Waals surface area contributed by atoms with Gasteiger partial charge in [0.05, 0.1) is 18.4 Å². The zero-order chi connectivity index (χ0) is 27.8. The fraction of sp³-hybridized carbons (Fsp3) is 0.688. The first-order chi connectivity index (χ1) is 18.3. The van der Waals surface area contributed by atoms with Crippen molar-refractivity contribution in [2.24, 2.45) is 11.8 Å². The Morgan fingerprint density at radius 3 is 1.61 bits per heavy atom. The molecular weight excluding hydrogens is 478 g/mol. The Labute approximate surface area is 230 Å². The lowest BCUT2D eigenvalue weighted by Gasteiger charge is -2.24. The van der Waals surface area contributed by atoms with Gasteiger partial charge in [0.25, 0.3) is 0 Å². The van der Waals surface area contributed by atoms with Crippen molar-refractivity contribution >= 4 is 11.9 Å². The minimum absolute atomic E-state index is 0.00771. The van der Waals surface area contributed by atoms with E-state index < -0.39 is 0 Å². The molecular formula is C32H51NO5. The van der Waals surface area contributed by atoms with Crippen molar-refractivity contribution in [1.29, 1.82) is 0 Å². The SMILES string of the molecule is CC(C)=CCCC1=CCC(C(=O)OCCN(CCO)CCOC(=O)C2CC=C(CCC=C(C)C)CC2)CC1. The molecule has 0 heterocycles. The average molecular weight is 530 g/mol. The molecule has 0 radical (unpaired) electrons. The molecule has 0 bridgehead atoms. The monoisotopic (exact) mass is 529 g/mol. The molecule has 2 atom stereocenters. The third-order valence-electron chi connectivity index (χ3n) is 7.43. The quantitative estimate of drug-likeness (QED) is 0.186. The predicted octanol–water partition coefficient (Wildman–Crippen LogP) is 6.31. The summed E-state index contributed by atoms with van der Waals surface area (Å²) in [5.41, 5.74) is 5.58. The minimum atomic E-state index is -0.134. The Bertz CT molecular complexity index is 793. The number of allylic oxidation sites excluding steroid dienone is 8. The van der Waals surface area contributed by atoms with E-state index in [1.54, 1.807) is 0 Å². The highest BCUT2D eigenvalue weighted by atomic mass is 16.5. The van der Waals surface area contributed by atoms with Gasteiger partial charge in [-0.1, -0.05) is 46.6 Å². The molecule has 2 aliphatic carbocycles. The van der Waals surface area contributed by atoms with Crippen molar-refractivity contribution in [2.45, 2.75) is 91.9 Å². The van der Waals surface area contributed by atoms with Crippen LogP contribution in [0.15, 0.2) is 46.6 Å². The maximum Gasteiger partial charge on any atom is 0.309 e. The van der Waals surface area contributed by atoms with Crippen LogP contribution in [-0.4, -0.2) is 61.4 Å². The second-order valence-electron chi connectivity index (χ2n) is 11.2. The summed E-state index contributed by atoms with van der Waals surface area (Å²) in [7, 11) is 0. The Morgan fingerprint density at radius 1 is 0.816 bits per heavy atom. The van der Waals surface area contributed by atoms with E-state index in [1.165, 1.54) is 22.3 Å². The standard InChI is InChI=1S/C32H51NO5/c1-25(2)7-5-9-27-11-15-29(16-12-27)31(35)37-23-20-33(19-22-34)21-24-38-32(36)30-17-13-28(14-18-30)10-6-8-26(3)4/h7-8,11,13,29-30,34H,5-6,9-10,12,14-24H2,1-4H3. The third kappa shape index (κ3) is 13.1. The van der Waals surface area contributed by atoms with Crippen LogP contribution in [0.25, 0.3) is 0 Å². The van der Waals surface area contributed by atoms with Crippen molar-refractivity contribution in [3.05, 3.63) is 46.6 Å². The Balaban J connectivity index is 1.64. The molecule has 38 heavy (non-hydrogen) atoms. The molecule has 6 nitrogen and oxygen atoms in total. The molecule has 6 heteroatoms. The highest BCUT2D eigenvalue weighted by Gasteiger charge is 2.24. The molecule has 0 saturated heterocycles. The maximum atomic E-state index is 12.5. The number of hydrogen-bond donors (Lipinski definition) is 1. The van der Waals surface area contributed by atoms with E-state index in [2.05, 4.69) is 52.0 Å². The van der Waals surface area contributed by atoms with Gasteiger partial charge in [0.1, 0.15) is 13.2 Å². The van der Waals surface area contributed by atoms with Gasteiger partial charge in [0.2, 0.25) is 0 Å². The van der Waals surface area contributed by atoms with Gasteiger partial charge in [-0.15, -0.1) is 0 Å². The van der Waals surface area contributed by atoms with E-state index in [1.807, 2.05) is 4.90 Å². The van der Waals surface area contributed by atoms with Crippen LogP contribution >= 0.6 is 0 Å². The van der Waals surface area contributed by atoms with Gasteiger partial charge < -0.3 is 14.6 Å². The summed E-state index contributed by atoms with van der Waals surface area (Å²) in [6.45, 7) is 10.5. The number of aliphatic hydroxyl groups excluding tert-OH is 1. The summed E-state index contributed by atoms with van der Waals surface area (Å²) in [5.74, 6) is -0.394. The first-order valence-electron chi connectivity index (χ1n) is 14.6. The van der Waals surface area contributed by atoms with Crippen LogP contribution in [0.5, 0.6) is 0 Å². The van der Waals surface area contributed by atoms with Crippen molar-refractivity contribution < 1.29 is 24.2 Å². The van der Waals surface area contributed by atoms with Crippen molar-refractivity contribution in [2.75, 3.05) is 39.5 Å². The molecule has 0 spiro atoms. The van der Waals surface area contributed by atoms with Crippen LogP contribution in [0, 0.1) is 11.8 Å². The largest absolute Gasteiger partial charge is 0.464 e. The molecule has 1 N–H and O–H groups in total. The van der Waals surface area contributed by atoms with Crippen LogP contribution in [0.1, 0.15) is 91.9 Å². The zero-order valence-corrected chi connectivity index (χ0v) is 24.3. The Kier molecular flexibility index (Phi) is 15.3. The van der Waals surface area contributed by atoms with Gasteiger partial charge in [0.15, 0.2) is 0 Å². The first kappa shape index (κ1) is 32.0. The first-order valence-corrected chi connectivity index (χ1v) is 14.6. The zero-order valence-electron chi connectivity index (χ0n) is 24.3. The van der Waals surface area contributed by atoms with E-state index in [9.17, 15) is 14.7 Å². The van der Waals surface area contributed by atoms with Crippen LogP contribution in [0.3, 0.4) is 0 Å². The molecule has 0 aromatic heterocycles. The lowest BCUT2D eigenvalue weighted by Crippen LogP contribution is -2.35. The summed E-state index contributed by atoms with van der Waals surface area (Å²) in [6.07, 6.45) is 18.4. The molecule has 2 rings (SSSR count). The summed E-state index contributed by atoms with van der Waals surface area (Å²) in [4.78, 5) is 27.0. The van der Waals surface area contributed by atoms with Crippen molar-refractivity contribution in [3.8, 4) is 0 Å². The van der Waals surface area contributed by atoms with Crippen molar-refractivity contribution in [3.63, 3.8) is 0 Å². The van der Waals surface area contributed by atoms with Crippen molar-refractivity contribution in [1.82, 2.24) is 4.90 Å². The molecule has 214 valence electrons. The lowest BCUT2D eigenvalue weighted by molar-refractivity contribution is -0.149. The highest BCUT2D eigenvalue weighted by molar-refractivity contribution is 5.73. The van der Waals surface area contributed by atoms with E-state index in [-0.39, 0.29) is 43.6 Å². The fourth-order valence-electron chi connectivity index (χ4n) is 5.01. The number of carbonyl (C=O) groups excluding carboxylic acids is 2. The topological polar surface area (TPSA) is 76.1 Å². The van der Waals surface area contributed by atoms with Gasteiger partial charge >= 0.3 is 11.9 Å². The molecule has 0 aliphatic heterocycles. The number of esters is 2. The maximum absolute atomic E-state index is 12.5. The number of ether oxygens (including phenoxy) is 2. The Morgan fingerprint density at radius 2 is 1.26 bits per heavy atom. The number of aliphatic hydroxyl groups is 1. The normalized spacial score (nSPS) is 19.3. The molecule has 0 aromatic rings. The van der Waals surface area contributed by atoms with Gasteiger partial charge in [-0.2, -0.15) is 0 Å². The molecule has 0 saturated carbocycles. The summed E-state index contributed by atoms with van der Waals surface area (Å²) in [6, 6.07) is 0. The van der Waals surface area contributed by atoms with Gasteiger partial charge in [-0.05, 0) is 91.9 Å². The third-order valence-corrected chi connectivity index (χ3v) is 7.43. The van der Waals surface area contributed by atoms with Crippen LogP contribution in [0.2, 0.25) is 0 Å². The highest BCUT2D eigenvalue weighted by Crippen LogP contribution is 2.28. The molecule has 0 amide bonds. The lowest BCUT2D eigenvalue weighted by atomic mass is 9.88. The Hall–Kier alpha value is -2.18. The van der Waals surface area contributed by atoms with Gasteiger partial charge in [-0.3, -0.25) is 14.5 Å². The van der Waals surface area contributed by atoms with Crippen LogP contribution < -0.4 is 0 Å². The number of nitrogens with zero attached hydrogens (tertiary/aromatic N) is 1. The fourth-order valence-corrected chi connectivity index (χ4v) is 5.01. The second kappa shape index (κ2) is 18.2. The van der Waals surface area contributed by atoms with E-state index in [0.717, 1.165) is 64.2 Å². The number of rotatable bonds is 16. The van der Waals surface area contributed by atoms with Crippen LogP contribution in [0.4, 0.5) is 0 Å². The van der Waals surface area contributed by atoms with E-state index in [4.69, 9.17) is 9.47 Å². The van der Waals surface area contributed by atoms with E-state index >= 15 is 0 Å². The number of carbonyl (C=O) groups is 2. The molecule has 2 unspecified atom stereocenters. The smallest absolute Gasteiger partial charge is 0.309 e. The molecule has 2 aliphatic rings. The second-order valence-corrected chi connectivity index (χ2v) is 11.2.